The fourth-order valence-corrected chi connectivity index (χ4v) is 2.76. The van der Waals surface area contributed by atoms with Crippen molar-refractivity contribution in [3.8, 4) is 5.75 Å². The summed E-state index contributed by atoms with van der Waals surface area (Å²) in [6, 6.07) is 6.82. The first kappa shape index (κ1) is 14.1. The van der Waals surface area contributed by atoms with Crippen LogP contribution in [0.25, 0.3) is 0 Å². The van der Waals surface area contributed by atoms with Crippen LogP contribution in [0.2, 0.25) is 0 Å². The molecule has 104 valence electrons. The number of ether oxygens (including phenoxy) is 1. The molecule has 0 saturated carbocycles. The van der Waals surface area contributed by atoms with Crippen LogP contribution in [0.1, 0.15) is 19.8 Å². The number of aliphatic imine (C=N–C) groups is 1. The van der Waals surface area contributed by atoms with Crippen molar-refractivity contribution in [2.24, 2.45) is 4.99 Å². The van der Waals surface area contributed by atoms with Crippen LogP contribution in [0.5, 0.6) is 5.75 Å². The normalized spacial score (nSPS) is 19.2. The number of hydrogen-bond acceptors (Lipinski definition) is 4. The first-order chi connectivity index (χ1) is 9.17. The number of hydrogen-bond donors (Lipinski definition) is 1. The predicted molar refractivity (Wildman–Crippen MR) is 75.3 cm³/mol. The lowest BCUT2D eigenvalue weighted by Crippen LogP contribution is -2.19. The average Bonchev–Trinajstić information content (AvgIpc) is 2.41. The Bertz CT molecular complexity index is 437. The van der Waals surface area contributed by atoms with Crippen LogP contribution >= 0.6 is 11.8 Å². The standard InChI is InChI=1S/C13H16F2N2OS/c1-2-9-7-8-19-13(16-9)17-10-3-5-11(6-4-10)18-12(14)15/h3-6,9,12H,2,7-8H2,1H3,(H,16,17). The van der Waals surface area contributed by atoms with Crippen molar-refractivity contribution in [1.29, 1.82) is 0 Å². The van der Waals surface area contributed by atoms with E-state index >= 15 is 0 Å². The number of anilines is 1. The van der Waals surface area contributed by atoms with Gasteiger partial charge in [0.1, 0.15) is 5.75 Å². The first-order valence-electron chi connectivity index (χ1n) is 6.20. The summed E-state index contributed by atoms with van der Waals surface area (Å²) >= 11 is 1.68. The largest absolute Gasteiger partial charge is 0.435 e. The molecule has 0 aliphatic carbocycles. The highest BCUT2D eigenvalue weighted by molar-refractivity contribution is 8.14. The highest BCUT2D eigenvalue weighted by Gasteiger charge is 2.14. The molecular weight excluding hydrogens is 270 g/mol. The highest BCUT2D eigenvalue weighted by atomic mass is 32.2. The van der Waals surface area contributed by atoms with Gasteiger partial charge in [-0.2, -0.15) is 8.78 Å². The van der Waals surface area contributed by atoms with E-state index in [0.29, 0.717) is 6.04 Å². The Morgan fingerprint density at radius 3 is 2.79 bits per heavy atom. The van der Waals surface area contributed by atoms with Crippen molar-refractivity contribution in [2.45, 2.75) is 32.4 Å². The second-order valence-corrected chi connectivity index (χ2v) is 5.24. The second kappa shape index (κ2) is 6.75. The zero-order valence-corrected chi connectivity index (χ0v) is 11.4. The van der Waals surface area contributed by atoms with Crippen molar-refractivity contribution in [3.05, 3.63) is 24.3 Å². The number of nitrogens with one attached hydrogen (secondary N) is 1. The van der Waals surface area contributed by atoms with Gasteiger partial charge in [0, 0.05) is 11.4 Å². The highest BCUT2D eigenvalue weighted by Crippen LogP contribution is 2.23. The van der Waals surface area contributed by atoms with E-state index in [9.17, 15) is 8.78 Å². The Kier molecular flexibility index (Phi) is 5.01. The predicted octanol–water partition coefficient (Wildman–Crippen LogP) is 3.97. The Labute approximate surface area is 115 Å². The van der Waals surface area contributed by atoms with E-state index in [1.807, 2.05) is 0 Å². The zero-order chi connectivity index (χ0) is 13.7. The minimum absolute atomic E-state index is 0.158. The third-order valence-electron chi connectivity index (χ3n) is 2.79. The Balaban J connectivity index is 1.97. The molecule has 1 aromatic carbocycles. The SMILES string of the molecule is CCC1CCSC(Nc2ccc(OC(F)F)cc2)=N1. The zero-order valence-electron chi connectivity index (χ0n) is 10.6. The molecule has 1 heterocycles. The fourth-order valence-electron chi connectivity index (χ4n) is 1.77. The lowest BCUT2D eigenvalue weighted by atomic mass is 10.2. The van der Waals surface area contributed by atoms with E-state index in [0.717, 1.165) is 29.4 Å². The molecule has 2 rings (SSSR count). The number of alkyl halides is 2. The van der Waals surface area contributed by atoms with Crippen molar-refractivity contribution in [3.63, 3.8) is 0 Å². The molecule has 1 N–H and O–H groups in total. The topological polar surface area (TPSA) is 33.6 Å². The lowest BCUT2D eigenvalue weighted by molar-refractivity contribution is -0.0498. The second-order valence-electron chi connectivity index (χ2n) is 4.16. The van der Waals surface area contributed by atoms with Gasteiger partial charge in [-0.15, -0.1) is 0 Å². The molecule has 1 aliphatic rings. The maximum atomic E-state index is 12.0. The number of thioether (sulfide) groups is 1. The molecule has 0 aromatic heterocycles. The molecule has 0 amide bonds. The maximum absolute atomic E-state index is 12.0. The van der Waals surface area contributed by atoms with E-state index in [1.165, 1.54) is 12.1 Å². The molecule has 1 atom stereocenters. The molecule has 0 bridgehead atoms. The molecule has 1 aromatic rings. The molecule has 0 saturated heterocycles. The van der Waals surface area contributed by atoms with E-state index in [-0.39, 0.29) is 5.75 Å². The Hall–Kier alpha value is -1.30. The number of amidine groups is 1. The lowest BCUT2D eigenvalue weighted by Gasteiger charge is -2.19. The van der Waals surface area contributed by atoms with Crippen LogP contribution in [0, 0.1) is 0 Å². The van der Waals surface area contributed by atoms with E-state index in [1.54, 1.807) is 23.9 Å². The Morgan fingerprint density at radius 2 is 2.16 bits per heavy atom. The van der Waals surface area contributed by atoms with Crippen LogP contribution in [-0.2, 0) is 0 Å². The molecule has 0 spiro atoms. The van der Waals surface area contributed by atoms with Gasteiger partial charge >= 0.3 is 6.61 Å². The van der Waals surface area contributed by atoms with Crippen LogP contribution in [0.15, 0.2) is 29.3 Å². The van der Waals surface area contributed by atoms with Gasteiger partial charge in [-0.3, -0.25) is 4.99 Å². The van der Waals surface area contributed by atoms with Gasteiger partial charge in [0.05, 0.1) is 6.04 Å². The average molecular weight is 286 g/mol. The van der Waals surface area contributed by atoms with Crippen LogP contribution in [0.3, 0.4) is 0 Å². The number of halogens is 2. The monoisotopic (exact) mass is 286 g/mol. The number of nitrogens with zero attached hydrogens (tertiary/aromatic N) is 1. The molecule has 1 unspecified atom stereocenters. The summed E-state index contributed by atoms with van der Waals surface area (Å²) < 4.78 is 28.3. The molecule has 0 radical (unpaired) electrons. The van der Waals surface area contributed by atoms with Crippen LogP contribution < -0.4 is 10.1 Å². The fraction of sp³-hybridized carbons (Fsp3) is 0.462. The molecule has 3 nitrogen and oxygen atoms in total. The quantitative estimate of drug-likeness (QED) is 0.909. The van der Waals surface area contributed by atoms with Crippen molar-refractivity contribution >= 4 is 22.6 Å². The molecular formula is C13H16F2N2OS. The summed E-state index contributed by atoms with van der Waals surface area (Å²) in [4.78, 5) is 4.58. The summed E-state index contributed by atoms with van der Waals surface area (Å²) in [6.45, 7) is -0.666. The summed E-state index contributed by atoms with van der Waals surface area (Å²) in [6.07, 6.45) is 2.14. The summed E-state index contributed by atoms with van der Waals surface area (Å²) in [7, 11) is 0. The first-order valence-corrected chi connectivity index (χ1v) is 7.18. The van der Waals surface area contributed by atoms with Gasteiger partial charge in [-0.05, 0) is 37.1 Å². The minimum atomic E-state index is -2.79. The molecule has 0 fully saturated rings. The van der Waals surface area contributed by atoms with Gasteiger partial charge in [-0.1, -0.05) is 18.7 Å². The van der Waals surface area contributed by atoms with Crippen molar-refractivity contribution < 1.29 is 13.5 Å². The summed E-state index contributed by atoms with van der Waals surface area (Å²) in [5, 5.41) is 4.09. The third-order valence-corrected chi connectivity index (χ3v) is 3.71. The van der Waals surface area contributed by atoms with Gasteiger partial charge < -0.3 is 10.1 Å². The minimum Gasteiger partial charge on any atom is -0.435 e. The molecule has 1 aliphatic heterocycles. The smallest absolute Gasteiger partial charge is 0.387 e. The van der Waals surface area contributed by atoms with Crippen molar-refractivity contribution in [2.75, 3.05) is 11.1 Å². The molecule has 19 heavy (non-hydrogen) atoms. The number of benzene rings is 1. The molecule has 6 heteroatoms. The number of rotatable bonds is 4. The summed E-state index contributed by atoms with van der Waals surface area (Å²) in [5.41, 5.74) is 0.824. The van der Waals surface area contributed by atoms with E-state index in [2.05, 4.69) is 22.0 Å². The summed E-state index contributed by atoms with van der Waals surface area (Å²) in [5.74, 6) is 1.21. The third kappa shape index (κ3) is 4.38. The van der Waals surface area contributed by atoms with Gasteiger partial charge in [0.25, 0.3) is 0 Å². The maximum Gasteiger partial charge on any atom is 0.387 e. The van der Waals surface area contributed by atoms with Crippen LogP contribution in [-0.4, -0.2) is 23.6 Å². The van der Waals surface area contributed by atoms with Crippen molar-refractivity contribution in [1.82, 2.24) is 0 Å². The Morgan fingerprint density at radius 1 is 1.42 bits per heavy atom. The van der Waals surface area contributed by atoms with E-state index in [4.69, 9.17) is 0 Å². The van der Waals surface area contributed by atoms with Gasteiger partial charge in [0.15, 0.2) is 5.17 Å². The van der Waals surface area contributed by atoms with Gasteiger partial charge in [0.2, 0.25) is 0 Å². The van der Waals surface area contributed by atoms with E-state index < -0.39 is 6.61 Å². The van der Waals surface area contributed by atoms with Gasteiger partial charge in [-0.25, -0.2) is 0 Å². The van der Waals surface area contributed by atoms with Crippen LogP contribution in [0.4, 0.5) is 14.5 Å².